The van der Waals surface area contributed by atoms with Crippen molar-refractivity contribution in [2.75, 3.05) is 6.54 Å². The van der Waals surface area contributed by atoms with Crippen LogP contribution in [0.4, 0.5) is 8.78 Å². The topological polar surface area (TPSA) is 35.2 Å². The number of rotatable bonds is 2. The van der Waals surface area contributed by atoms with Crippen molar-refractivity contribution in [2.45, 2.75) is 12.5 Å². The Kier molecular flexibility index (Phi) is 2.95. The molecule has 1 aliphatic rings. The highest BCUT2D eigenvalue weighted by molar-refractivity contribution is 5.73. The molecule has 0 saturated carbocycles. The predicted octanol–water partition coefficient (Wildman–Crippen LogP) is 2.89. The van der Waals surface area contributed by atoms with E-state index in [9.17, 15) is 8.78 Å². The standard InChI is InChI=1S/C15H13F2NO/c16-11-3-1-9(2-4-11)14-7-12(17)5-10-6-13(8-18)19-15(10)14/h1-5,7,13H,6,8,18H2. The molecule has 19 heavy (non-hydrogen) atoms. The van der Waals surface area contributed by atoms with E-state index in [2.05, 4.69) is 0 Å². The smallest absolute Gasteiger partial charge is 0.131 e. The van der Waals surface area contributed by atoms with E-state index in [1.54, 1.807) is 12.1 Å². The lowest BCUT2D eigenvalue weighted by molar-refractivity contribution is 0.242. The van der Waals surface area contributed by atoms with Gasteiger partial charge in [0.2, 0.25) is 0 Å². The first-order valence-corrected chi connectivity index (χ1v) is 6.12. The van der Waals surface area contributed by atoms with E-state index in [4.69, 9.17) is 10.5 Å². The molecule has 0 bridgehead atoms. The molecule has 0 radical (unpaired) electrons. The van der Waals surface area contributed by atoms with Crippen LogP contribution < -0.4 is 10.5 Å². The van der Waals surface area contributed by atoms with Gasteiger partial charge < -0.3 is 10.5 Å². The Hall–Kier alpha value is -1.94. The molecule has 4 heteroatoms. The molecular formula is C15H13F2NO. The second-order valence-corrected chi connectivity index (χ2v) is 4.63. The van der Waals surface area contributed by atoms with Crippen molar-refractivity contribution < 1.29 is 13.5 Å². The molecule has 0 aromatic heterocycles. The van der Waals surface area contributed by atoms with Gasteiger partial charge in [-0.1, -0.05) is 12.1 Å². The maximum atomic E-state index is 13.7. The largest absolute Gasteiger partial charge is 0.488 e. The summed E-state index contributed by atoms with van der Waals surface area (Å²) in [5, 5.41) is 0. The zero-order valence-electron chi connectivity index (χ0n) is 10.2. The fourth-order valence-electron chi connectivity index (χ4n) is 2.37. The first-order valence-electron chi connectivity index (χ1n) is 6.12. The molecule has 0 fully saturated rings. The molecule has 0 spiro atoms. The molecule has 1 aliphatic heterocycles. The van der Waals surface area contributed by atoms with Crippen LogP contribution >= 0.6 is 0 Å². The van der Waals surface area contributed by atoms with Crippen molar-refractivity contribution in [3.63, 3.8) is 0 Å². The van der Waals surface area contributed by atoms with Crippen LogP contribution in [0.25, 0.3) is 11.1 Å². The molecule has 1 heterocycles. The van der Waals surface area contributed by atoms with Crippen molar-refractivity contribution >= 4 is 0 Å². The molecule has 1 atom stereocenters. The first kappa shape index (κ1) is 12.1. The van der Waals surface area contributed by atoms with Gasteiger partial charge in [0.25, 0.3) is 0 Å². The van der Waals surface area contributed by atoms with Crippen molar-refractivity contribution in [3.05, 3.63) is 53.6 Å². The monoisotopic (exact) mass is 261 g/mol. The summed E-state index contributed by atoms with van der Waals surface area (Å²) < 4.78 is 32.3. The summed E-state index contributed by atoms with van der Waals surface area (Å²) in [7, 11) is 0. The van der Waals surface area contributed by atoms with Gasteiger partial charge in [-0.3, -0.25) is 0 Å². The third kappa shape index (κ3) is 2.19. The molecular weight excluding hydrogens is 248 g/mol. The van der Waals surface area contributed by atoms with Crippen LogP contribution in [0.2, 0.25) is 0 Å². The summed E-state index contributed by atoms with van der Waals surface area (Å²) in [5.74, 6) is 0.0142. The van der Waals surface area contributed by atoms with Crippen molar-refractivity contribution in [3.8, 4) is 16.9 Å². The highest BCUT2D eigenvalue weighted by Crippen LogP contribution is 2.39. The average Bonchev–Trinajstić information content (AvgIpc) is 2.81. The fourth-order valence-corrected chi connectivity index (χ4v) is 2.37. The highest BCUT2D eigenvalue weighted by atomic mass is 19.1. The molecule has 0 amide bonds. The zero-order chi connectivity index (χ0) is 13.4. The van der Waals surface area contributed by atoms with Gasteiger partial charge in [-0.05, 0) is 29.8 Å². The molecule has 0 saturated heterocycles. The molecule has 2 aromatic carbocycles. The lowest BCUT2D eigenvalue weighted by Gasteiger charge is -2.11. The second kappa shape index (κ2) is 4.63. The maximum absolute atomic E-state index is 13.7. The summed E-state index contributed by atoms with van der Waals surface area (Å²) in [6.45, 7) is 0.388. The Bertz CT molecular complexity index is 610. The molecule has 1 unspecified atom stereocenters. The van der Waals surface area contributed by atoms with Gasteiger partial charge >= 0.3 is 0 Å². The quantitative estimate of drug-likeness (QED) is 0.902. The van der Waals surface area contributed by atoms with E-state index >= 15 is 0 Å². The second-order valence-electron chi connectivity index (χ2n) is 4.63. The number of nitrogens with two attached hydrogens (primary N) is 1. The van der Waals surface area contributed by atoms with Crippen LogP contribution in [0.3, 0.4) is 0 Å². The molecule has 2 N–H and O–H groups in total. The van der Waals surface area contributed by atoms with Gasteiger partial charge in [-0.15, -0.1) is 0 Å². The highest BCUT2D eigenvalue weighted by Gasteiger charge is 2.25. The van der Waals surface area contributed by atoms with Gasteiger partial charge in [0, 0.05) is 24.1 Å². The zero-order valence-corrected chi connectivity index (χ0v) is 10.2. The van der Waals surface area contributed by atoms with E-state index in [0.717, 1.165) is 11.1 Å². The van der Waals surface area contributed by atoms with Crippen LogP contribution in [0, 0.1) is 11.6 Å². The SMILES string of the molecule is NCC1Cc2cc(F)cc(-c3ccc(F)cc3)c2O1. The molecule has 3 rings (SSSR count). The van der Waals surface area contributed by atoms with Gasteiger partial charge in [0.05, 0.1) is 0 Å². The summed E-state index contributed by atoms with van der Waals surface area (Å²) in [4.78, 5) is 0. The third-order valence-corrected chi connectivity index (χ3v) is 3.28. The van der Waals surface area contributed by atoms with Crippen LogP contribution in [0.5, 0.6) is 5.75 Å². The van der Waals surface area contributed by atoms with E-state index in [-0.39, 0.29) is 17.7 Å². The molecule has 98 valence electrons. The minimum absolute atomic E-state index is 0.115. The average molecular weight is 261 g/mol. The van der Waals surface area contributed by atoms with E-state index in [1.807, 2.05) is 0 Å². The van der Waals surface area contributed by atoms with Crippen LogP contribution in [-0.2, 0) is 6.42 Å². The fraction of sp³-hybridized carbons (Fsp3) is 0.200. The van der Waals surface area contributed by atoms with Crippen molar-refractivity contribution in [1.82, 2.24) is 0 Å². The molecule has 2 aromatic rings. The number of fused-ring (bicyclic) bond motifs is 1. The van der Waals surface area contributed by atoms with Gasteiger partial charge in [0.1, 0.15) is 23.5 Å². The third-order valence-electron chi connectivity index (χ3n) is 3.28. The van der Waals surface area contributed by atoms with Crippen LogP contribution in [0.15, 0.2) is 36.4 Å². The predicted molar refractivity (Wildman–Crippen MR) is 69.0 cm³/mol. The number of benzene rings is 2. The van der Waals surface area contributed by atoms with E-state index < -0.39 is 0 Å². The van der Waals surface area contributed by atoms with Gasteiger partial charge in [-0.2, -0.15) is 0 Å². The Labute approximate surface area is 109 Å². The van der Waals surface area contributed by atoms with Crippen LogP contribution in [0.1, 0.15) is 5.56 Å². The van der Waals surface area contributed by atoms with Crippen molar-refractivity contribution in [1.29, 1.82) is 0 Å². The van der Waals surface area contributed by atoms with E-state index in [0.29, 0.717) is 24.3 Å². The summed E-state index contributed by atoms with van der Waals surface area (Å²) in [6, 6.07) is 8.81. The number of hydrogen-bond donors (Lipinski definition) is 1. The summed E-state index contributed by atoms with van der Waals surface area (Å²) in [5.41, 5.74) is 7.78. The minimum Gasteiger partial charge on any atom is -0.488 e. The number of hydrogen-bond acceptors (Lipinski definition) is 2. The van der Waals surface area contributed by atoms with Gasteiger partial charge in [-0.25, -0.2) is 8.78 Å². The lowest BCUT2D eigenvalue weighted by Crippen LogP contribution is -2.24. The van der Waals surface area contributed by atoms with Gasteiger partial charge in [0.15, 0.2) is 0 Å². The lowest BCUT2D eigenvalue weighted by atomic mass is 10.0. The Morgan fingerprint density at radius 2 is 1.84 bits per heavy atom. The minimum atomic E-state index is -0.322. The normalized spacial score (nSPS) is 17.1. The number of ether oxygens (including phenoxy) is 1. The Morgan fingerprint density at radius 3 is 2.53 bits per heavy atom. The first-order chi connectivity index (χ1) is 9.17. The number of halogens is 2. The van der Waals surface area contributed by atoms with Crippen molar-refractivity contribution in [2.24, 2.45) is 5.73 Å². The summed E-state index contributed by atoms with van der Waals surface area (Å²) >= 11 is 0. The molecule has 2 nitrogen and oxygen atoms in total. The van der Waals surface area contributed by atoms with Crippen LogP contribution in [-0.4, -0.2) is 12.6 Å². The maximum Gasteiger partial charge on any atom is 0.131 e. The Balaban J connectivity index is 2.10. The van der Waals surface area contributed by atoms with E-state index in [1.165, 1.54) is 24.3 Å². The summed E-state index contributed by atoms with van der Waals surface area (Å²) in [6.07, 6.45) is 0.494. The molecule has 0 aliphatic carbocycles. The Morgan fingerprint density at radius 1 is 1.11 bits per heavy atom.